The van der Waals surface area contributed by atoms with Crippen LogP contribution in [0, 0.1) is 6.92 Å². The van der Waals surface area contributed by atoms with E-state index >= 15 is 0 Å². The molecule has 0 fully saturated rings. The normalized spacial score (nSPS) is 12.9. The summed E-state index contributed by atoms with van der Waals surface area (Å²) in [5, 5.41) is 11.0. The summed E-state index contributed by atoms with van der Waals surface area (Å²) < 4.78 is 7.22. The van der Waals surface area contributed by atoms with Crippen LogP contribution in [-0.2, 0) is 6.54 Å². The Morgan fingerprint density at radius 3 is 3.06 bits per heavy atom. The summed E-state index contributed by atoms with van der Waals surface area (Å²) in [5.41, 5.74) is 1.18. The molecular formula is C11H16N4O. The van der Waals surface area contributed by atoms with Gasteiger partial charge in [-0.2, -0.15) is 0 Å². The topological polar surface area (TPSA) is 55.9 Å². The highest BCUT2D eigenvalue weighted by Gasteiger charge is 2.10. The summed E-state index contributed by atoms with van der Waals surface area (Å²) in [4.78, 5) is 0. The summed E-state index contributed by atoms with van der Waals surface area (Å²) in [5.74, 6) is 0.999. The molecule has 16 heavy (non-hydrogen) atoms. The van der Waals surface area contributed by atoms with Crippen molar-refractivity contribution in [1.29, 1.82) is 0 Å². The first-order valence-electron chi connectivity index (χ1n) is 5.39. The van der Waals surface area contributed by atoms with E-state index < -0.39 is 0 Å². The van der Waals surface area contributed by atoms with Crippen LogP contribution in [0.2, 0.25) is 0 Å². The van der Waals surface area contributed by atoms with Crippen LogP contribution in [0.4, 0.5) is 0 Å². The van der Waals surface area contributed by atoms with Crippen molar-refractivity contribution in [3.8, 4) is 0 Å². The van der Waals surface area contributed by atoms with Crippen molar-refractivity contribution >= 4 is 0 Å². The lowest BCUT2D eigenvalue weighted by Gasteiger charge is -2.12. The van der Waals surface area contributed by atoms with Crippen LogP contribution in [0.25, 0.3) is 0 Å². The molecule has 1 unspecified atom stereocenters. The van der Waals surface area contributed by atoms with Gasteiger partial charge in [0.05, 0.1) is 25.0 Å². The molecule has 0 aliphatic rings. The van der Waals surface area contributed by atoms with E-state index in [0.29, 0.717) is 0 Å². The van der Waals surface area contributed by atoms with E-state index in [1.807, 2.05) is 12.3 Å². The Bertz CT molecular complexity index is 421. The SMILES string of the molecule is Cc1ccoc1C(C)NCCn1ccnn1. The molecular weight excluding hydrogens is 204 g/mol. The predicted octanol–water partition coefficient (Wildman–Crippen LogP) is 1.53. The monoisotopic (exact) mass is 220 g/mol. The van der Waals surface area contributed by atoms with Crippen molar-refractivity contribution in [2.24, 2.45) is 0 Å². The Hall–Kier alpha value is -1.62. The highest BCUT2D eigenvalue weighted by Crippen LogP contribution is 2.17. The molecule has 2 heterocycles. The van der Waals surface area contributed by atoms with Gasteiger partial charge in [0.2, 0.25) is 0 Å². The van der Waals surface area contributed by atoms with Gasteiger partial charge in [0.1, 0.15) is 5.76 Å². The third-order valence-corrected chi connectivity index (χ3v) is 2.56. The molecule has 5 nitrogen and oxygen atoms in total. The van der Waals surface area contributed by atoms with Gasteiger partial charge in [0.25, 0.3) is 0 Å². The van der Waals surface area contributed by atoms with Gasteiger partial charge in [-0.3, -0.25) is 4.68 Å². The van der Waals surface area contributed by atoms with Crippen LogP contribution in [0.3, 0.4) is 0 Å². The van der Waals surface area contributed by atoms with Gasteiger partial charge in [-0.25, -0.2) is 0 Å². The third kappa shape index (κ3) is 2.49. The average molecular weight is 220 g/mol. The lowest BCUT2D eigenvalue weighted by molar-refractivity contribution is 0.415. The Balaban J connectivity index is 1.80. The van der Waals surface area contributed by atoms with Gasteiger partial charge >= 0.3 is 0 Å². The van der Waals surface area contributed by atoms with Crippen LogP contribution >= 0.6 is 0 Å². The van der Waals surface area contributed by atoms with Crippen LogP contribution in [0.5, 0.6) is 0 Å². The molecule has 0 radical (unpaired) electrons. The fourth-order valence-electron chi connectivity index (χ4n) is 1.67. The first-order chi connectivity index (χ1) is 7.77. The maximum atomic E-state index is 5.42. The van der Waals surface area contributed by atoms with Crippen LogP contribution in [-0.4, -0.2) is 21.5 Å². The van der Waals surface area contributed by atoms with Gasteiger partial charge in [-0.05, 0) is 25.5 Å². The van der Waals surface area contributed by atoms with Crippen LogP contribution in [0.15, 0.2) is 29.1 Å². The largest absolute Gasteiger partial charge is 0.467 e. The van der Waals surface area contributed by atoms with Crippen LogP contribution < -0.4 is 5.32 Å². The number of nitrogens with zero attached hydrogens (tertiary/aromatic N) is 3. The smallest absolute Gasteiger partial charge is 0.123 e. The molecule has 0 amide bonds. The van der Waals surface area contributed by atoms with E-state index in [0.717, 1.165) is 18.8 Å². The number of nitrogens with one attached hydrogen (secondary N) is 1. The number of aromatic nitrogens is 3. The number of furan rings is 1. The molecule has 0 aliphatic carbocycles. The number of hydrogen-bond donors (Lipinski definition) is 1. The van der Waals surface area contributed by atoms with Crippen molar-refractivity contribution < 1.29 is 4.42 Å². The number of hydrogen-bond acceptors (Lipinski definition) is 4. The lowest BCUT2D eigenvalue weighted by atomic mass is 10.2. The van der Waals surface area contributed by atoms with Gasteiger partial charge < -0.3 is 9.73 Å². The molecule has 0 spiro atoms. The standard InChI is InChI=1S/C11H16N4O/c1-9-3-8-16-11(9)10(2)12-4-6-15-7-5-13-14-15/h3,5,7-8,10,12H,4,6H2,1-2H3. The van der Waals surface area contributed by atoms with Crippen molar-refractivity contribution in [2.75, 3.05) is 6.54 Å². The average Bonchev–Trinajstić information content (AvgIpc) is 2.88. The molecule has 1 N–H and O–H groups in total. The van der Waals surface area contributed by atoms with Crippen molar-refractivity contribution in [3.63, 3.8) is 0 Å². The van der Waals surface area contributed by atoms with Crippen molar-refractivity contribution in [3.05, 3.63) is 36.0 Å². The van der Waals surface area contributed by atoms with E-state index in [4.69, 9.17) is 4.42 Å². The molecule has 2 rings (SSSR count). The fourth-order valence-corrected chi connectivity index (χ4v) is 1.67. The zero-order valence-corrected chi connectivity index (χ0v) is 9.55. The second-order valence-corrected chi connectivity index (χ2v) is 3.81. The van der Waals surface area contributed by atoms with Gasteiger partial charge in [0.15, 0.2) is 0 Å². The minimum atomic E-state index is 0.221. The molecule has 2 aromatic heterocycles. The fraction of sp³-hybridized carbons (Fsp3) is 0.455. The predicted molar refractivity (Wildman–Crippen MR) is 59.9 cm³/mol. The van der Waals surface area contributed by atoms with E-state index in [1.165, 1.54) is 5.56 Å². The zero-order chi connectivity index (χ0) is 11.4. The number of rotatable bonds is 5. The van der Waals surface area contributed by atoms with E-state index in [1.54, 1.807) is 17.1 Å². The van der Waals surface area contributed by atoms with Gasteiger partial charge in [-0.1, -0.05) is 5.21 Å². The van der Waals surface area contributed by atoms with E-state index in [-0.39, 0.29) is 6.04 Å². The molecule has 0 aliphatic heterocycles. The minimum absolute atomic E-state index is 0.221. The van der Waals surface area contributed by atoms with Gasteiger partial charge in [-0.15, -0.1) is 5.10 Å². The molecule has 0 bridgehead atoms. The quantitative estimate of drug-likeness (QED) is 0.830. The molecule has 5 heteroatoms. The van der Waals surface area contributed by atoms with Crippen molar-refractivity contribution in [1.82, 2.24) is 20.3 Å². The molecule has 86 valence electrons. The van der Waals surface area contributed by atoms with E-state index in [9.17, 15) is 0 Å². The number of aryl methyl sites for hydroxylation is 1. The lowest BCUT2D eigenvalue weighted by Crippen LogP contribution is -2.23. The first-order valence-corrected chi connectivity index (χ1v) is 5.39. The Labute approximate surface area is 94.5 Å². The maximum Gasteiger partial charge on any atom is 0.123 e. The first kappa shape index (κ1) is 10.9. The summed E-state index contributed by atoms with van der Waals surface area (Å²) in [7, 11) is 0. The molecule has 0 saturated carbocycles. The summed E-state index contributed by atoms with van der Waals surface area (Å²) in [6.45, 7) is 5.79. The second kappa shape index (κ2) is 4.94. The highest BCUT2D eigenvalue weighted by molar-refractivity contribution is 5.17. The Morgan fingerprint density at radius 1 is 1.56 bits per heavy atom. The third-order valence-electron chi connectivity index (χ3n) is 2.56. The molecule has 1 atom stereocenters. The molecule has 2 aromatic rings. The zero-order valence-electron chi connectivity index (χ0n) is 9.55. The van der Waals surface area contributed by atoms with Crippen LogP contribution in [0.1, 0.15) is 24.3 Å². The Morgan fingerprint density at radius 2 is 2.44 bits per heavy atom. The summed E-state index contributed by atoms with van der Waals surface area (Å²) >= 11 is 0. The van der Waals surface area contributed by atoms with Crippen molar-refractivity contribution in [2.45, 2.75) is 26.4 Å². The minimum Gasteiger partial charge on any atom is -0.467 e. The van der Waals surface area contributed by atoms with Gasteiger partial charge in [0, 0.05) is 12.7 Å². The molecule has 0 aromatic carbocycles. The Kier molecular flexibility index (Phi) is 3.36. The molecule has 0 saturated heterocycles. The summed E-state index contributed by atoms with van der Waals surface area (Å²) in [6.07, 6.45) is 5.25. The highest BCUT2D eigenvalue weighted by atomic mass is 16.3. The maximum absolute atomic E-state index is 5.42. The second-order valence-electron chi connectivity index (χ2n) is 3.81. The van der Waals surface area contributed by atoms with E-state index in [2.05, 4.69) is 29.5 Å². The summed E-state index contributed by atoms with van der Waals surface area (Å²) in [6, 6.07) is 2.20.